The molecule has 6 nitrogen and oxygen atoms in total. The van der Waals surface area contributed by atoms with Gasteiger partial charge in [-0.3, -0.25) is 14.9 Å². The zero-order valence-electron chi connectivity index (χ0n) is 10.8. The van der Waals surface area contributed by atoms with E-state index in [0.717, 1.165) is 0 Å². The van der Waals surface area contributed by atoms with Crippen molar-refractivity contribution in [2.45, 2.75) is 6.92 Å². The second-order valence-corrected chi connectivity index (χ2v) is 4.48. The number of halogens is 2. The van der Waals surface area contributed by atoms with Gasteiger partial charge < -0.3 is 5.32 Å². The number of carbonyl (C=O) groups excluding carboxylic acids is 1. The Hall–Kier alpha value is -2.54. The van der Waals surface area contributed by atoms with E-state index in [-0.39, 0.29) is 22.0 Å². The molecule has 1 heterocycles. The van der Waals surface area contributed by atoms with Crippen LogP contribution in [0.2, 0.25) is 5.15 Å². The van der Waals surface area contributed by atoms with Crippen LogP contribution in [0.5, 0.6) is 0 Å². The van der Waals surface area contributed by atoms with Gasteiger partial charge in [0.05, 0.1) is 4.92 Å². The van der Waals surface area contributed by atoms with Crippen molar-refractivity contribution >= 4 is 28.9 Å². The maximum Gasteiger partial charge on any atom is 0.319 e. The molecule has 0 unspecified atom stereocenters. The Labute approximate surface area is 123 Å². The molecule has 0 radical (unpaired) electrons. The second-order valence-electron chi connectivity index (χ2n) is 4.12. The van der Waals surface area contributed by atoms with Crippen molar-refractivity contribution in [3.05, 3.63) is 62.7 Å². The summed E-state index contributed by atoms with van der Waals surface area (Å²) < 4.78 is 13.4. The highest BCUT2D eigenvalue weighted by Crippen LogP contribution is 2.27. The second kappa shape index (κ2) is 5.84. The summed E-state index contributed by atoms with van der Waals surface area (Å²) in [5.41, 5.74) is -0.384. The Morgan fingerprint density at radius 1 is 1.43 bits per heavy atom. The molecule has 21 heavy (non-hydrogen) atoms. The summed E-state index contributed by atoms with van der Waals surface area (Å²) in [7, 11) is 0. The number of aromatic nitrogens is 1. The minimum atomic E-state index is -0.789. The van der Waals surface area contributed by atoms with Crippen molar-refractivity contribution in [3.8, 4) is 0 Å². The van der Waals surface area contributed by atoms with Crippen LogP contribution < -0.4 is 5.32 Å². The predicted octanol–water partition coefficient (Wildman–Crippen LogP) is 3.34. The zero-order valence-corrected chi connectivity index (χ0v) is 11.5. The summed E-state index contributed by atoms with van der Waals surface area (Å²) in [6.45, 7) is 1.49. The highest BCUT2D eigenvalue weighted by atomic mass is 35.5. The molecular formula is C13H9ClFN3O3. The number of amides is 1. The Bertz CT molecular complexity index is 737. The van der Waals surface area contributed by atoms with Crippen LogP contribution in [0.1, 0.15) is 15.9 Å². The molecule has 1 amide bonds. The smallest absolute Gasteiger partial charge is 0.319 e. The van der Waals surface area contributed by atoms with Crippen molar-refractivity contribution in [1.82, 2.24) is 4.98 Å². The molecule has 0 aliphatic heterocycles. The lowest BCUT2D eigenvalue weighted by Crippen LogP contribution is -2.15. The van der Waals surface area contributed by atoms with E-state index >= 15 is 0 Å². The fraction of sp³-hybridized carbons (Fsp3) is 0.0769. The van der Waals surface area contributed by atoms with Gasteiger partial charge in [0, 0.05) is 17.4 Å². The molecule has 2 rings (SSSR count). The molecule has 1 N–H and O–H groups in total. The maximum atomic E-state index is 13.4. The van der Waals surface area contributed by atoms with Gasteiger partial charge in [0.25, 0.3) is 5.91 Å². The van der Waals surface area contributed by atoms with Crippen LogP contribution in [0.25, 0.3) is 0 Å². The summed E-state index contributed by atoms with van der Waals surface area (Å²) in [5, 5.41) is 13.0. The number of nitrogens with one attached hydrogen (secondary N) is 1. The normalized spacial score (nSPS) is 10.2. The highest BCUT2D eigenvalue weighted by Gasteiger charge is 2.25. The van der Waals surface area contributed by atoms with Gasteiger partial charge in [-0.15, -0.1) is 0 Å². The predicted molar refractivity (Wildman–Crippen MR) is 75.0 cm³/mol. The molecule has 8 heteroatoms. The zero-order chi connectivity index (χ0) is 15.6. The first-order chi connectivity index (χ1) is 9.91. The molecular weight excluding hydrogens is 301 g/mol. The molecule has 0 aliphatic rings. The fourth-order valence-corrected chi connectivity index (χ4v) is 1.95. The standard InChI is InChI=1S/C13H9ClFN3O3/c1-7-9(15)3-2-4-10(7)17-13(19)8-5-6-16-12(14)11(8)18(20)21/h2-6H,1H3,(H,17,19). The minimum Gasteiger partial charge on any atom is -0.321 e. The van der Waals surface area contributed by atoms with Crippen molar-refractivity contribution in [2.24, 2.45) is 0 Å². The third-order valence-corrected chi connectivity index (χ3v) is 3.10. The number of rotatable bonds is 3. The van der Waals surface area contributed by atoms with Gasteiger partial charge in [-0.05, 0) is 25.1 Å². The molecule has 0 aliphatic carbocycles. The maximum absolute atomic E-state index is 13.4. The molecule has 1 aromatic heterocycles. The first-order valence-corrected chi connectivity index (χ1v) is 6.15. The Balaban J connectivity index is 2.40. The average Bonchev–Trinajstić information content (AvgIpc) is 2.43. The van der Waals surface area contributed by atoms with Gasteiger partial charge >= 0.3 is 5.69 Å². The molecule has 0 fully saturated rings. The number of nitrogens with zero attached hydrogens (tertiary/aromatic N) is 2. The Kier molecular flexibility index (Phi) is 4.13. The van der Waals surface area contributed by atoms with Crippen molar-refractivity contribution in [3.63, 3.8) is 0 Å². The lowest BCUT2D eigenvalue weighted by molar-refractivity contribution is -0.385. The monoisotopic (exact) mass is 309 g/mol. The average molecular weight is 310 g/mol. The molecule has 0 saturated carbocycles. The molecule has 2 aromatic rings. The van der Waals surface area contributed by atoms with E-state index in [0.29, 0.717) is 0 Å². The quantitative estimate of drug-likeness (QED) is 0.535. The van der Waals surface area contributed by atoms with Crippen LogP contribution in [0.3, 0.4) is 0 Å². The van der Waals surface area contributed by atoms with E-state index in [1.54, 1.807) is 0 Å². The molecule has 0 saturated heterocycles. The first kappa shape index (κ1) is 14.9. The number of benzene rings is 1. The SMILES string of the molecule is Cc1c(F)cccc1NC(=O)c1ccnc(Cl)c1[N+](=O)[O-]. The van der Waals surface area contributed by atoms with Crippen LogP contribution >= 0.6 is 11.6 Å². The van der Waals surface area contributed by atoms with Crippen LogP contribution in [0.15, 0.2) is 30.5 Å². The Morgan fingerprint density at radius 3 is 2.81 bits per heavy atom. The molecule has 0 atom stereocenters. The van der Waals surface area contributed by atoms with Crippen molar-refractivity contribution in [1.29, 1.82) is 0 Å². The number of carbonyl (C=O) groups is 1. The van der Waals surface area contributed by atoms with E-state index in [9.17, 15) is 19.3 Å². The van der Waals surface area contributed by atoms with Gasteiger partial charge in [0.1, 0.15) is 11.4 Å². The Morgan fingerprint density at radius 2 is 2.14 bits per heavy atom. The number of nitro groups is 1. The number of pyridine rings is 1. The third kappa shape index (κ3) is 2.97. The number of anilines is 1. The fourth-order valence-electron chi connectivity index (χ4n) is 1.72. The van der Waals surface area contributed by atoms with E-state index in [2.05, 4.69) is 10.3 Å². The summed E-state index contributed by atoms with van der Waals surface area (Å²) in [6.07, 6.45) is 1.18. The molecule has 0 bridgehead atoms. The lowest BCUT2D eigenvalue weighted by atomic mass is 10.1. The van der Waals surface area contributed by atoms with E-state index < -0.39 is 22.3 Å². The summed E-state index contributed by atoms with van der Waals surface area (Å²) in [5.74, 6) is -1.25. The van der Waals surface area contributed by atoms with E-state index in [1.165, 1.54) is 37.4 Å². The summed E-state index contributed by atoms with van der Waals surface area (Å²) in [4.78, 5) is 25.9. The lowest BCUT2D eigenvalue weighted by Gasteiger charge is -2.09. The molecule has 0 spiro atoms. The van der Waals surface area contributed by atoms with Crippen LogP contribution in [0.4, 0.5) is 15.8 Å². The number of hydrogen-bond acceptors (Lipinski definition) is 4. The van der Waals surface area contributed by atoms with Crippen LogP contribution in [-0.4, -0.2) is 15.8 Å². The summed E-state index contributed by atoms with van der Waals surface area (Å²) >= 11 is 5.64. The third-order valence-electron chi connectivity index (χ3n) is 2.82. The van der Waals surface area contributed by atoms with Gasteiger partial charge in [0.15, 0.2) is 0 Å². The molecule has 1 aromatic carbocycles. The number of hydrogen-bond donors (Lipinski definition) is 1. The van der Waals surface area contributed by atoms with E-state index in [1.807, 2.05) is 0 Å². The first-order valence-electron chi connectivity index (χ1n) is 5.77. The van der Waals surface area contributed by atoms with Gasteiger partial charge in [0.2, 0.25) is 5.15 Å². The van der Waals surface area contributed by atoms with Gasteiger partial charge in [-0.25, -0.2) is 9.37 Å². The van der Waals surface area contributed by atoms with Crippen molar-refractivity contribution < 1.29 is 14.1 Å². The topological polar surface area (TPSA) is 85.1 Å². The minimum absolute atomic E-state index is 0.224. The molecule has 108 valence electrons. The van der Waals surface area contributed by atoms with Crippen LogP contribution in [-0.2, 0) is 0 Å². The largest absolute Gasteiger partial charge is 0.321 e. The summed E-state index contributed by atoms with van der Waals surface area (Å²) in [6, 6.07) is 5.33. The van der Waals surface area contributed by atoms with Gasteiger partial charge in [-0.2, -0.15) is 0 Å². The van der Waals surface area contributed by atoms with Crippen molar-refractivity contribution in [2.75, 3.05) is 5.32 Å². The van der Waals surface area contributed by atoms with E-state index in [4.69, 9.17) is 11.6 Å². The van der Waals surface area contributed by atoms with Gasteiger partial charge in [-0.1, -0.05) is 17.7 Å². The van der Waals surface area contributed by atoms with Crippen LogP contribution in [0, 0.1) is 22.9 Å². The highest BCUT2D eigenvalue weighted by molar-refractivity contribution is 6.32.